The summed E-state index contributed by atoms with van der Waals surface area (Å²) in [4.78, 5) is 18.0. The van der Waals surface area contributed by atoms with Crippen LogP contribution in [0.4, 0.5) is 0 Å². The Hall–Kier alpha value is -1.51. The van der Waals surface area contributed by atoms with Crippen LogP contribution in [0.1, 0.15) is 5.69 Å². The lowest BCUT2D eigenvalue weighted by Crippen LogP contribution is -2.53. The van der Waals surface area contributed by atoms with Crippen molar-refractivity contribution in [2.75, 3.05) is 26.0 Å². The van der Waals surface area contributed by atoms with E-state index < -0.39 is 10.0 Å². The summed E-state index contributed by atoms with van der Waals surface area (Å²) in [6.07, 6.45) is 2.59. The number of hydrogen-bond donors (Lipinski definition) is 0. The zero-order valence-corrected chi connectivity index (χ0v) is 12.5. The zero-order valence-electron chi connectivity index (χ0n) is 11.7. The largest absolute Gasteiger partial charge is 0.365 e. The molecular formula is C13H17N3O4S. The van der Waals surface area contributed by atoms with Gasteiger partial charge in [-0.25, -0.2) is 8.42 Å². The summed E-state index contributed by atoms with van der Waals surface area (Å²) in [6, 6.07) is 5.28. The van der Waals surface area contributed by atoms with Crippen molar-refractivity contribution in [3.8, 4) is 0 Å². The first-order chi connectivity index (χ1) is 9.95. The molecular weight excluding hydrogens is 294 g/mol. The fourth-order valence-corrected chi connectivity index (χ4v) is 3.62. The van der Waals surface area contributed by atoms with E-state index in [9.17, 15) is 13.2 Å². The predicted molar refractivity (Wildman–Crippen MR) is 74.7 cm³/mol. The lowest BCUT2D eigenvalue weighted by molar-refractivity contribution is -0.154. The summed E-state index contributed by atoms with van der Waals surface area (Å²) in [6.45, 7) is 0.949. The molecule has 21 heavy (non-hydrogen) atoms. The van der Waals surface area contributed by atoms with E-state index in [1.807, 2.05) is 18.2 Å². The van der Waals surface area contributed by atoms with Crippen molar-refractivity contribution in [2.24, 2.45) is 0 Å². The average Bonchev–Trinajstić information content (AvgIpc) is 2.88. The summed E-state index contributed by atoms with van der Waals surface area (Å²) in [5.74, 6) is -0.128. The molecule has 2 atom stereocenters. The predicted octanol–water partition coefficient (Wildman–Crippen LogP) is -0.547. The van der Waals surface area contributed by atoms with Gasteiger partial charge in [0.1, 0.15) is 6.61 Å². The van der Waals surface area contributed by atoms with Crippen molar-refractivity contribution in [3.05, 3.63) is 30.1 Å². The van der Waals surface area contributed by atoms with E-state index in [1.54, 1.807) is 11.1 Å². The van der Waals surface area contributed by atoms with E-state index in [-0.39, 0.29) is 31.2 Å². The third kappa shape index (κ3) is 2.92. The van der Waals surface area contributed by atoms with E-state index in [1.165, 1.54) is 10.6 Å². The van der Waals surface area contributed by atoms with Crippen LogP contribution in [-0.4, -0.2) is 66.6 Å². The molecule has 2 aliphatic rings. The molecule has 2 aliphatic heterocycles. The molecule has 1 aromatic heterocycles. The standard InChI is InChI=1S/C13H17N3O4S/c1-21(18,19)15-7-11-12(8-15)20-9-13(17)16(11)6-10-4-2-3-5-14-10/h2-5,11-12H,6-9H2,1H3/t11-,12+/m1/s1. The number of morpholine rings is 1. The Balaban J connectivity index is 1.80. The van der Waals surface area contributed by atoms with Gasteiger partial charge in [0.25, 0.3) is 0 Å². The number of carbonyl (C=O) groups is 1. The first-order valence-electron chi connectivity index (χ1n) is 6.71. The van der Waals surface area contributed by atoms with E-state index in [0.29, 0.717) is 13.1 Å². The van der Waals surface area contributed by atoms with Crippen LogP contribution in [0.25, 0.3) is 0 Å². The summed E-state index contributed by atoms with van der Waals surface area (Å²) >= 11 is 0. The molecule has 0 N–H and O–H groups in total. The molecule has 0 saturated carbocycles. The number of hydrogen-bond acceptors (Lipinski definition) is 5. The Morgan fingerprint density at radius 3 is 2.86 bits per heavy atom. The molecule has 2 fully saturated rings. The summed E-state index contributed by atoms with van der Waals surface area (Å²) in [7, 11) is -3.27. The number of ether oxygens (including phenoxy) is 1. The van der Waals surface area contributed by atoms with Gasteiger partial charge in [-0.2, -0.15) is 4.31 Å². The topological polar surface area (TPSA) is 79.8 Å². The molecule has 0 radical (unpaired) electrons. The molecule has 3 rings (SSSR count). The number of sulfonamides is 1. The van der Waals surface area contributed by atoms with Gasteiger partial charge in [-0.05, 0) is 12.1 Å². The molecule has 1 amide bonds. The van der Waals surface area contributed by atoms with Crippen molar-refractivity contribution >= 4 is 15.9 Å². The minimum Gasteiger partial charge on any atom is -0.365 e. The fourth-order valence-electron chi connectivity index (χ4n) is 2.77. The van der Waals surface area contributed by atoms with Gasteiger partial charge < -0.3 is 9.64 Å². The van der Waals surface area contributed by atoms with Crippen molar-refractivity contribution in [3.63, 3.8) is 0 Å². The quantitative estimate of drug-likeness (QED) is 0.748. The van der Waals surface area contributed by atoms with Gasteiger partial charge in [0.05, 0.1) is 30.6 Å². The zero-order chi connectivity index (χ0) is 15.0. The van der Waals surface area contributed by atoms with Gasteiger partial charge in [0.15, 0.2) is 0 Å². The van der Waals surface area contributed by atoms with Gasteiger partial charge in [-0.15, -0.1) is 0 Å². The monoisotopic (exact) mass is 311 g/mol. The maximum Gasteiger partial charge on any atom is 0.249 e. The number of amides is 1. The van der Waals surface area contributed by atoms with Gasteiger partial charge in [-0.3, -0.25) is 9.78 Å². The van der Waals surface area contributed by atoms with Crippen LogP contribution in [0.5, 0.6) is 0 Å². The highest BCUT2D eigenvalue weighted by atomic mass is 32.2. The number of carbonyl (C=O) groups excluding carboxylic acids is 1. The normalized spacial score (nSPS) is 26.9. The maximum absolute atomic E-state index is 12.1. The second kappa shape index (κ2) is 5.36. The Kier molecular flexibility index (Phi) is 3.68. The minimum atomic E-state index is -3.27. The summed E-state index contributed by atoms with van der Waals surface area (Å²) in [5.41, 5.74) is 0.782. The van der Waals surface area contributed by atoms with Gasteiger partial charge in [0.2, 0.25) is 15.9 Å². The Bertz CT molecular complexity index is 634. The van der Waals surface area contributed by atoms with Gasteiger partial charge in [-0.1, -0.05) is 6.07 Å². The van der Waals surface area contributed by atoms with Gasteiger partial charge in [0, 0.05) is 19.3 Å². The molecule has 0 spiro atoms. The lowest BCUT2D eigenvalue weighted by atomic mass is 10.1. The van der Waals surface area contributed by atoms with E-state index >= 15 is 0 Å². The second-order valence-electron chi connectivity index (χ2n) is 5.34. The second-order valence-corrected chi connectivity index (χ2v) is 7.32. The van der Waals surface area contributed by atoms with E-state index in [4.69, 9.17) is 4.74 Å². The Morgan fingerprint density at radius 2 is 2.19 bits per heavy atom. The molecule has 0 unspecified atom stereocenters. The van der Waals surface area contributed by atoms with E-state index in [2.05, 4.69) is 4.98 Å². The molecule has 114 valence electrons. The highest BCUT2D eigenvalue weighted by Crippen LogP contribution is 2.26. The molecule has 2 saturated heterocycles. The van der Waals surface area contributed by atoms with Crippen molar-refractivity contribution in [1.82, 2.24) is 14.2 Å². The highest BCUT2D eigenvalue weighted by molar-refractivity contribution is 7.88. The maximum atomic E-state index is 12.1. The molecule has 3 heterocycles. The number of pyridine rings is 1. The first kappa shape index (κ1) is 14.4. The van der Waals surface area contributed by atoms with Crippen LogP contribution < -0.4 is 0 Å². The number of fused-ring (bicyclic) bond motifs is 1. The Morgan fingerprint density at radius 1 is 1.38 bits per heavy atom. The summed E-state index contributed by atoms with van der Waals surface area (Å²) in [5, 5.41) is 0. The number of aromatic nitrogens is 1. The molecule has 1 aromatic rings. The smallest absolute Gasteiger partial charge is 0.249 e. The van der Waals surface area contributed by atoms with E-state index in [0.717, 1.165) is 5.69 Å². The van der Waals surface area contributed by atoms with Crippen LogP contribution in [0.2, 0.25) is 0 Å². The molecule has 0 bridgehead atoms. The minimum absolute atomic E-state index is 0.00833. The van der Waals surface area contributed by atoms with Crippen LogP contribution >= 0.6 is 0 Å². The Labute approximate surface area is 123 Å². The number of rotatable bonds is 3. The SMILES string of the molecule is CS(=O)(=O)N1C[C@@H]2OCC(=O)N(Cc3ccccn3)[C@@H]2C1. The van der Waals surface area contributed by atoms with Gasteiger partial charge >= 0.3 is 0 Å². The fraction of sp³-hybridized carbons (Fsp3) is 0.538. The molecule has 7 nitrogen and oxygen atoms in total. The van der Waals surface area contributed by atoms with Crippen LogP contribution in [0.15, 0.2) is 24.4 Å². The summed E-state index contributed by atoms with van der Waals surface area (Å²) < 4.78 is 30.2. The third-order valence-electron chi connectivity index (χ3n) is 3.87. The highest BCUT2D eigenvalue weighted by Gasteiger charge is 2.45. The van der Waals surface area contributed by atoms with Crippen LogP contribution in [0.3, 0.4) is 0 Å². The first-order valence-corrected chi connectivity index (χ1v) is 8.56. The average molecular weight is 311 g/mol. The third-order valence-corrected chi connectivity index (χ3v) is 5.11. The van der Waals surface area contributed by atoms with Crippen LogP contribution in [-0.2, 0) is 26.1 Å². The van der Waals surface area contributed by atoms with Crippen LogP contribution in [0, 0.1) is 0 Å². The van der Waals surface area contributed by atoms with Crippen molar-refractivity contribution in [2.45, 2.75) is 18.7 Å². The number of nitrogens with zero attached hydrogens (tertiary/aromatic N) is 3. The lowest BCUT2D eigenvalue weighted by Gasteiger charge is -2.36. The van der Waals surface area contributed by atoms with Crippen molar-refractivity contribution < 1.29 is 17.9 Å². The molecule has 0 aromatic carbocycles. The molecule has 8 heteroatoms. The molecule has 0 aliphatic carbocycles. The van der Waals surface area contributed by atoms with Crippen molar-refractivity contribution in [1.29, 1.82) is 0 Å².